The first-order valence-corrected chi connectivity index (χ1v) is 22.2. The third-order valence-corrected chi connectivity index (χ3v) is 15.2. The Hall–Kier alpha value is -3.38. The van der Waals surface area contributed by atoms with Crippen molar-refractivity contribution >= 4 is 23.3 Å². The fourth-order valence-electron chi connectivity index (χ4n) is 11.3. The van der Waals surface area contributed by atoms with Crippen molar-refractivity contribution in [1.82, 2.24) is 0 Å². The van der Waals surface area contributed by atoms with Crippen molar-refractivity contribution in [2.45, 2.75) is 151 Å². The number of hydrogen-bond donors (Lipinski definition) is 0. The number of hydrogen-bond acceptors (Lipinski definition) is 0. The summed E-state index contributed by atoms with van der Waals surface area (Å²) in [5.74, 6) is 1.81. The average Bonchev–Trinajstić information content (AvgIpc) is 3.32. The van der Waals surface area contributed by atoms with Crippen molar-refractivity contribution in [3.05, 3.63) is 128 Å². The van der Waals surface area contributed by atoms with Crippen LogP contribution in [-0.4, -0.2) is 0 Å². The number of benzene rings is 2. The fraction of sp³-hybridized carbons (Fsp3) is 0.519. The van der Waals surface area contributed by atoms with Gasteiger partial charge in [0.05, 0.1) is 0 Å². The Kier molecular flexibility index (Phi) is 12.1. The predicted octanol–water partition coefficient (Wildman–Crippen LogP) is 14.2. The minimum absolute atomic E-state index is 0.413. The molecule has 7 rings (SSSR count). The quantitative estimate of drug-likeness (QED) is 0.215. The Balaban J connectivity index is 1.22. The third-order valence-electron chi connectivity index (χ3n) is 15.2. The van der Waals surface area contributed by atoms with Gasteiger partial charge >= 0.3 is 0 Å². The molecular weight excluding hydrogens is 649 g/mol. The van der Waals surface area contributed by atoms with Crippen LogP contribution in [0.15, 0.2) is 101 Å². The summed E-state index contributed by atoms with van der Waals surface area (Å²) in [6.45, 7) is 17.0. The van der Waals surface area contributed by atoms with E-state index in [1.165, 1.54) is 121 Å². The maximum atomic E-state index is 2.64. The van der Waals surface area contributed by atoms with Gasteiger partial charge in [-0.3, -0.25) is 0 Å². The van der Waals surface area contributed by atoms with E-state index >= 15 is 0 Å². The van der Waals surface area contributed by atoms with Crippen LogP contribution in [0.4, 0.5) is 0 Å². The summed E-state index contributed by atoms with van der Waals surface area (Å²) in [6.07, 6.45) is 38.2. The highest BCUT2D eigenvalue weighted by atomic mass is 14.5. The summed E-state index contributed by atoms with van der Waals surface area (Å²) >= 11 is 0. The molecule has 54 heavy (non-hydrogen) atoms. The monoisotopic (exact) mass is 719 g/mol. The minimum atomic E-state index is 0.413. The second-order valence-corrected chi connectivity index (χ2v) is 18.8. The average molecular weight is 719 g/mol. The molecule has 2 aromatic rings. The molecule has 5 aliphatic carbocycles. The molecule has 1 spiro atoms. The molecule has 0 amide bonds. The van der Waals surface area contributed by atoms with Gasteiger partial charge in [0.15, 0.2) is 0 Å². The van der Waals surface area contributed by atoms with E-state index in [-0.39, 0.29) is 0 Å². The van der Waals surface area contributed by atoms with Gasteiger partial charge < -0.3 is 0 Å². The van der Waals surface area contributed by atoms with Gasteiger partial charge in [0.2, 0.25) is 0 Å². The second kappa shape index (κ2) is 16.8. The SMILES string of the molecule is C/C=C(/c1cc(CC)c2c(c1)=CC1=C(CC=2)CC/C(=C(/C)CC)C1)[C@@H](C)[C@H](CCC1(C)CCC2(CC[C@H](C)C2)CC1)C1=CC=C(c2ccccc2)CC=C1. The normalized spacial score (nSPS) is 27.8. The maximum absolute atomic E-state index is 2.64. The van der Waals surface area contributed by atoms with Crippen LogP contribution in [0, 0.1) is 28.6 Å². The molecule has 2 aromatic carbocycles. The van der Waals surface area contributed by atoms with Crippen LogP contribution in [0.3, 0.4) is 0 Å². The van der Waals surface area contributed by atoms with E-state index in [1.54, 1.807) is 22.3 Å². The molecule has 0 heterocycles. The summed E-state index contributed by atoms with van der Waals surface area (Å²) in [7, 11) is 0. The Bertz CT molecular complexity index is 1990. The number of aryl methyl sites for hydroxylation is 1. The number of fused-ring (bicyclic) bond motifs is 1. The van der Waals surface area contributed by atoms with Gasteiger partial charge in [-0.15, -0.1) is 0 Å². The lowest BCUT2D eigenvalue weighted by atomic mass is 9.61. The molecule has 0 nitrogen and oxygen atoms in total. The molecule has 0 heteroatoms. The lowest BCUT2D eigenvalue weighted by Gasteiger charge is -2.44. The zero-order valence-electron chi connectivity index (χ0n) is 35.1. The molecule has 2 fully saturated rings. The smallest absolute Gasteiger partial charge is 0.00645 e. The van der Waals surface area contributed by atoms with Gasteiger partial charge in [-0.2, -0.15) is 0 Å². The summed E-state index contributed by atoms with van der Waals surface area (Å²) in [6, 6.07) is 16.2. The predicted molar refractivity (Wildman–Crippen MR) is 236 cm³/mol. The number of allylic oxidation sites excluding steroid dienone is 12. The van der Waals surface area contributed by atoms with E-state index in [0.717, 1.165) is 31.6 Å². The Morgan fingerprint density at radius 3 is 2.46 bits per heavy atom. The highest BCUT2D eigenvalue weighted by Crippen LogP contribution is 2.56. The van der Waals surface area contributed by atoms with Crippen molar-refractivity contribution in [2.24, 2.45) is 28.6 Å². The zero-order chi connectivity index (χ0) is 37.9. The minimum Gasteiger partial charge on any atom is -0.0835 e. The van der Waals surface area contributed by atoms with Crippen LogP contribution in [-0.2, 0) is 6.42 Å². The van der Waals surface area contributed by atoms with Gasteiger partial charge in [-0.05, 0) is 194 Å². The summed E-state index contributed by atoms with van der Waals surface area (Å²) in [4.78, 5) is 0. The molecule has 0 aliphatic heterocycles. The Labute approximate surface area is 329 Å². The van der Waals surface area contributed by atoms with E-state index in [2.05, 4.69) is 133 Å². The van der Waals surface area contributed by atoms with Crippen molar-refractivity contribution in [3.8, 4) is 0 Å². The van der Waals surface area contributed by atoms with E-state index in [9.17, 15) is 0 Å². The molecule has 0 unspecified atom stereocenters. The molecule has 5 aliphatic rings. The first kappa shape index (κ1) is 38.9. The zero-order valence-corrected chi connectivity index (χ0v) is 35.1. The largest absolute Gasteiger partial charge is 0.0835 e. The molecule has 3 atom stereocenters. The van der Waals surface area contributed by atoms with E-state index in [1.807, 2.05) is 0 Å². The van der Waals surface area contributed by atoms with Crippen molar-refractivity contribution < 1.29 is 0 Å². The standard InChI is InChI=1S/C54H70/c1-8-39(5)46-22-20-44-23-24-52-41(9-2)33-48(36-49(52)35-47(44)34-46)50(10-3)40(6)51(45-18-14-17-43(19-21-45)42-15-12-11-13-16-42)26-27-53(7)29-31-54(32-30-53)28-25-38(4)37-54/h10-16,18-19,21,24,33,35-36,38,40,51H,8-9,17,20,22-23,25-32,34,37H2,1-7H3/b46-39+,50-10+/t38-,40+,51-,53?,54?/m0/s1. The molecule has 2 saturated carbocycles. The van der Waals surface area contributed by atoms with Crippen LogP contribution < -0.4 is 10.4 Å². The van der Waals surface area contributed by atoms with Gasteiger partial charge in [-0.1, -0.05) is 137 Å². The highest BCUT2D eigenvalue weighted by molar-refractivity contribution is 5.72. The lowest BCUT2D eigenvalue weighted by Crippen LogP contribution is -2.32. The molecule has 0 bridgehead atoms. The van der Waals surface area contributed by atoms with Crippen LogP contribution in [0.2, 0.25) is 0 Å². The topological polar surface area (TPSA) is 0 Å². The second-order valence-electron chi connectivity index (χ2n) is 18.8. The van der Waals surface area contributed by atoms with Gasteiger partial charge in [0.25, 0.3) is 0 Å². The first-order valence-electron chi connectivity index (χ1n) is 22.2. The first-order chi connectivity index (χ1) is 26.1. The highest BCUT2D eigenvalue weighted by Gasteiger charge is 2.44. The maximum Gasteiger partial charge on any atom is -0.00645 e. The van der Waals surface area contributed by atoms with Crippen LogP contribution in [0.1, 0.15) is 161 Å². The van der Waals surface area contributed by atoms with Gasteiger partial charge in [0, 0.05) is 0 Å². The van der Waals surface area contributed by atoms with Crippen LogP contribution in [0.25, 0.3) is 23.3 Å². The Morgan fingerprint density at radius 1 is 0.963 bits per heavy atom. The number of rotatable bonds is 10. The van der Waals surface area contributed by atoms with Crippen LogP contribution in [0.5, 0.6) is 0 Å². The lowest BCUT2D eigenvalue weighted by molar-refractivity contribution is 0.0789. The van der Waals surface area contributed by atoms with Crippen molar-refractivity contribution in [3.63, 3.8) is 0 Å². The summed E-state index contributed by atoms with van der Waals surface area (Å²) in [5, 5.41) is 2.93. The van der Waals surface area contributed by atoms with Gasteiger partial charge in [-0.25, -0.2) is 0 Å². The van der Waals surface area contributed by atoms with Crippen LogP contribution >= 0.6 is 0 Å². The fourth-order valence-corrected chi connectivity index (χ4v) is 11.3. The molecule has 0 saturated heterocycles. The third kappa shape index (κ3) is 8.39. The molecular formula is C54H70. The van der Waals surface area contributed by atoms with E-state index in [0.29, 0.717) is 22.7 Å². The summed E-state index contributed by atoms with van der Waals surface area (Å²) < 4.78 is 0. The van der Waals surface area contributed by atoms with Crippen molar-refractivity contribution in [1.29, 1.82) is 0 Å². The molecule has 0 N–H and O–H groups in total. The molecule has 286 valence electrons. The van der Waals surface area contributed by atoms with E-state index in [4.69, 9.17) is 0 Å². The summed E-state index contributed by atoms with van der Waals surface area (Å²) in [5.41, 5.74) is 16.4. The van der Waals surface area contributed by atoms with E-state index < -0.39 is 0 Å². The molecule has 0 aromatic heterocycles. The molecule has 0 radical (unpaired) electrons. The Morgan fingerprint density at radius 2 is 1.76 bits per heavy atom. The van der Waals surface area contributed by atoms with Gasteiger partial charge in [0.1, 0.15) is 0 Å². The van der Waals surface area contributed by atoms with Crippen molar-refractivity contribution in [2.75, 3.05) is 0 Å².